The van der Waals surface area contributed by atoms with Crippen LogP contribution in [0.3, 0.4) is 0 Å². The molecule has 1 heterocycles. The number of aryl methyl sites for hydroxylation is 2. The third-order valence-corrected chi connectivity index (χ3v) is 7.04. The molecule has 0 aliphatic heterocycles. The molecule has 12 heteroatoms. The minimum atomic E-state index is -1.15. The van der Waals surface area contributed by atoms with Crippen LogP contribution in [0.15, 0.2) is 30.3 Å². The van der Waals surface area contributed by atoms with Crippen LogP contribution in [-0.2, 0) is 21.0 Å². The molecule has 0 spiro atoms. The minimum Gasteiger partial charge on any atom is -0.394 e. The highest BCUT2D eigenvalue weighted by molar-refractivity contribution is 7.22. The summed E-state index contributed by atoms with van der Waals surface area (Å²) in [5.74, 6) is -1.02. The standard InChI is InChI=1S/C24H28ClFN4O5S/c1-14-7-21-22(8-15(14)2)36-24(28-21)29(13-32)35-12-18(9-19(34)11-31)30(16(3)33)27-10-17-5-4-6-20(26)23(17)25/h4-8,13,18-19,27,31,34H,9-12H2,1-3H3/t18-,19+/m0/s1. The maximum atomic E-state index is 13.8. The van der Waals surface area contributed by atoms with Crippen molar-refractivity contribution in [2.24, 2.45) is 0 Å². The van der Waals surface area contributed by atoms with Gasteiger partial charge in [0.2, 0.25) is 17.4 Å². The Morgan fingerprint density at radius 2 is 2.06 bits per heavy atom. The molecule has 0 bridgehead atoms. The highest BCUT2D eigenvalue weighted by Crippen LogP contribution is 2.30. The van der Waals surface area contributed by atoms with Gasteiger partial charge >= 0.3 is 0 Å². The Hall–Kier alpha value is -2.67. The van der Waals surface area contributed by atoms with Gasteiger partial charge in [-0.05, 0) is 55.2 Å². The first-order chi connectivity index (χ1) is 17.1. The van der Waals surface area contributed by atoms with Crippen LogP contribution >= 0.6 is 22.9 Å². The van der Waals surface area contributed by atoms with Crippen LogP contribution < -0.4 is 10.5 Å². The minimum absolute atomic E-state index is 0.00978. The van der Waals surface area contributed by atoms with E-state index >= 15 is 0 Å². The number of nitrogens with zero attached hydrogens (tertiary/aromatic N) is 3. The van der Waals surface area contributed by atoms with Gasteiger partial charge in [0.05, 0.1) is 40.6 Å². The Balaban J connectivity index is 1.79. The van der Waals surface area contributed by atoms with Crippen molar-refractivity contribution in [3.63, 3.8) is 0 Å². The predicted octanol–water partition coefficient (Wildman–Crippen LogP) is 3.27. The van der Waals surface area contributed by atoms with E-state index in [1.54, 1.807) is 6.07 Å². The lowest BCUT2D eigenvalue weighted by molar-refractivity contribution is -0.138. The maximum Gasteiger partial charge on any atom is 0.240 e. The number of carbonyl (C=O) groups is 2. The van der Waals surface area contributed by atoms with E-state index in [1.807, 2.05) is 26.0 Å². The molecule has 0 aliphatic carbocycles. The number of fused-ring (bicyclic) bond motifs is 1. The molecule has 0 radical (unpaired) electrons. The van der Waals surface area contributed by atoms with Crippen molar-refractivity contribution in [3.8, 4) is 0 Å². The Labute approximate surface area is 217 Å². The number of amides is 2. The highest BCUT2D eigenvalue weighted by Gasteiger charge is 2.26. The molecule has 0 unspecified atom stereocenters. The second kappa shape index (κ2) is 12.5. The molecule has 9 nitrogen and oxygen atoms in total. The van der Waals surface area contributed by atoms with E-state index in [1.165, 1.54) is 35.4 Å². The number of hydroxylamine groups is 1. The van der Waals surface area contributed by atoms with Crippen LogP contribution in [0, 0.1) is 19.7 Å². The number of aromatic nitrogens is 1. The van der Waals surface area contributed by atoms with Crippen LogP contribution in [-0.4, -0.2) is 57.9 Å². The molecular formula is C24H28ClFN4O5S. The van der Waals surface area contributed by atoms with E-state index < -0.39 is 30.5 Å². The molecule has 2 amide bonds. The maximum absolute atomic E-state index is 13.8. The van der Waals surface area contributed by atoms with E-state index in [0.29, 0.717) is 17.1 Å². The Bertz CT molecular complexity index is 1190. The van der Waals surface area contributed by atoms with Crippen molar-refractivity contribution >= 4 is 50.6 Å². The SMILES string of the molecule is CC(=O)N(NCc1cccc(F)c1Cl)[C@H](CON(C=O)c1nc2cc(C)c(C)cc2s1)C[C@@H](O)CO. The van der Waals surface area contributed by atoms with Gasteiger partial charge in [0.15, 0.2) is 0 Å². The van der Waals surface area contributed by atoms with E-state index in [2.05, 4.69) is 10.4 Å². The number of anilines is 1. The first-order valence-electron chi connectivity index (χ1n) is 11.1. The molecule has 0 aliphatic rings. The molecule has 2 aromatic carbocycles. The normalized spacial score (nSPS) is 13.0. The van der Waals surface area contributed by atoms with Gasteiger partial charge in [-0.25, -0.2) is 14.8 Å². The Morgan fingerprint density at radius 1 is 1.33 bits per heavy atom. The summed E-state index contributed by atoms with van der Waals surface area (Å²) in [4.78, 5) is 34.4. The molecule has 3 aromatic rings. The van der Waals surface area contributed by atoms with Crippen molar-refractivity contribution in [3.05, 3.63) is 57.9 Å². The van der Waals surface area contributed by atoms with E-state index in [0.717, 1.165) is 26.4 Å². The zero-order valence-corrected chi connectivity index (χ0v) is 21.6. The molecule has 0 saturated heterocycles. The summed E-state index contributed by atoms with van der Waals surface area (Å²) in [6.45, 7) is 4.52. The lowest BCUT2D eigenvalue weighted by Crippen LogP contribution is -2.52. The summed E-state index contributed by atoms with van der Waals surface area (Å²) < 4.78 is 14.7. The molecular weight excluding hydrogens is 511 g/mol. The monoisotopic (exact) mass is 538 g/mol. The van der Waals surface area contributed by atoms with Crippen LogP contribution in [0.1, 0.15) is 30.0 Å². The van der Waals surface area contributed by atoms with Crippen molar-refractivity contribution in [1.82, 2.24) is 15.4 Å². The van der Waals surface area contributed by atoms with Crippen molar-refractivity contribution in [2.45, 2.75) is 45.9 Å². The smallest absolute Gasteiger partial charge is 0.240 e. The summed E-state index contributed by atoms with van der Waals surface area (Å²) >= 11 is 7.29. The molecule has 194 valence electrons. The van der Waals surface area contributed by atoms with Crippen LogP contribution in [0.25, 0.3) is 10.2 Å². The van der Waals surface area contributed by atoms with E-state index in [9.17, 15) is 24.2 Å². The Kier molecular flexibility index (Phi) is 9.71. The van der Waals surface area contributed by atoms with Gasteiger partial charge in [0, 0.05) is 13.5 Å². The highest BCUT2D eigenvalue weighted by atomic mass is 35.5. The molecule has 3 N–H and O–H groups in total. The first kappa shape index (κ1) is 27.9. The molecule has 3 rings (SSSR count). The fourth-order valence-corrected chi connectivity index (χ4v) is 4.71. The first-order valence-corrected chi connectivity index (χ1v) is 12.3. The molecule has 36 heavy (non-hydrogen) atoms. The van der Waals surface area contributed by atoms with Crippen LogP contribution in [0.4, 0.5) is 9.52 Å². The number of nitrogens with one attached hydrogen (secondary N) is 1. The van der Waals surface area contributed by atoms with Gasteiger partial charge in [0.1, 0.15) is 5.82 Å². The van der Waals surface area contributed by atoms with Gasteiger partial charge in [0.25, 0.3) is 0 Å². The number of hydrogen-bond donors (Lipinski definition) is 3. The zero-order chi connectivity index (χ0) is 26.4. The number of benzene rings is 2. The average Bonchev–Trinajstić information content (AvgIpc) is 3.24. The number of rotatable bonds is 12. The van der Waals surface area contributed by atoms with Crippen LogP contribution in [0.2, 0.25) is 5.02 Å². The number of hydrogen-bond acceptors (Lipinski definition) is 8. The topological polar surface area (TPSA) is 115 Å². The van der Waals surface area contributed by atoms with E-state index in [4.69, 9.17) is 16.4 Å². The predicted molar refractivity (Wildman–Crippen MR) is 136 cm³/mol. The van der Waals surface area contributed by atoms with Crippen molar-refractivity contribution < 1.29 is 29.0 Å². The lowest BCUT2D eigenvalue weighted by Gasteiger charge is -2.33. The number of aliphatic hydroxyl groups excluding tert-OH is 2. The van der Waals surface area contributed by atoms with Gasteiger partial charge < -0.3 is 10.2 Å². The molecule has 1 aromatic heterocycles. The van der Waals surface area contributed by atoms with Crippen LogP contribution in [0.5, 0.6) is 0 Å². The second-order valence-electron chi connectivity index (χ2n) is 8.29. The number of hydrazine groups is 1. The molecule has 2 atom stereocenters. The van der Waals surface area contributed by atoms with Gasteiger partial charge in [-0.3, -0.25) is 19.4 Å². The molecule has 0 fully saturated rings. The summed E-state index contributed by atoms with van der Waals surface area (Å²) in [5.41, 5.74) is 6.19. The lowest BCUT2D eigenvalue weighted by atomic mass is 10.1. The summed E-state index contributed by atoms with van der Waals surface area (Å²) in [5, 5.41) is 21.8. The van der Waals surface area contributed by atoms with Gasteiger partial charge in [-0.15, -0.1) is 0 Å². The third-order valence-electron chi connectivity index (χ3n) is 5.61. The summed E-state index contributed by atoms with van der Waals surface area (Å²) in [6.07, 6.45) is -0.752. The summed E-state index contributed by atoms with van der Waals surface area (Å²) in [7, 11) is 0. The largest absolute Gasteiger partial charge is 0.394 e. The molecule has 0 saturated carbocycles. The number of aliphatic hydroxyl groups is 2. The fraction of sp³-hybridized carbons (Fsp3) is 0.375. The fourth-order valence-electron chi connectivity index (χ4n) is 3.55. The number of thiazole rings is 1. The van der Waals surface area contributed by atoms with Crippen molar-refractivity contribution in [2.75, 3.05) is 18.3 Å². The second-order valence-corrected chi connectivity index (χ2v) is 9.68. The number of halogens is 2. The van der Waals surface area contributed by atoms with Gasteiger partial charge in [-0.1, -0.05) is 35.1 Å². The summed E-state index contributed by atoms with van der Waals surface area (Å²) in [6, 6.07) is 7.42. The van der Waals surface area contributed by atoms with Gasteiger partial charge in [-0.2, -0.15) is 5.06 Å². The quantitative estimate of drug-likeness (QED) is 0.239. The number of carbonyl (C=O) groups excluding carboxylic acids is 2. The average molecular weight is 539 g/mol. The van der Waals surface area contributed by atoms with Crippen molar-refractivity contribution in [1.29, 1.82) is 0 Å². The Morgan fingerprint density at radius 3 is 2.72 bits per heavy atom. The van der Waals surface area contributed by atoms with E-state index in [-0.39, 0.29) is 24.6 Å². The third kappa shape index (κ3) is 6.75. The zero-order valence-electron chi connectivity index (χ0n) is 20.1.